The molecule has 0 radical (unpaired) electrons. The molecule has 0 saturated heterocycles. The third-order valence-electron chi connectivity index (χ3n) is 3.57. The molecular formula is C16H20Cl2N2. The highest BCUT2D eigenvalue weighted by Crippen LogP contribution is 2.24. The van der Waals surface area contributed by atoms with E-state index in [9.17, 15) is 0 Å². The average Bonchev–Trinajstić information content (AvgIpc) is 2.64. The van der Waals surface area contributed by atoms with E-state index < -0.39 is 0 Å². The zero-order chi connectivity index (χ0) is 14.7. The van der Waals surface area contributed by atoms with Crippen LogP contribution in [0.5, 0.6) is 0 Å². The van der Waals surface area contributed by atoms with Gasteiger partial charge in [-0.2, -0.15) is 5.10 Å². The molecule has 0 aliphatic heterocycles. The van der Waals surface area contributed by atoms with Crippen LogP contribution in [0.2, 0.25) is 5.02 Å². The van der Waals surface area contributed by atoms with Crippen molar-refractivity contribution in [2.45, 2.75) is 26.7 Å². The minimum absolute atomic E-state index is 0.366. The summed E-state index contributed by atoms with van der Waals surface area (Å²) in [6.07, 6.45) is 1.82. The Morgan fingerprint density at radius 2 is 2.00 bits per heavy atom. The largest absolute Gasteiger partial charge is 0.271 e. The maximum atomic E-state index is 6.32. The quantitative estimate of drug-likeness (QED) is 0.752. The van der Waals surface area contributed by atoms with Crippen molar-refractivity contribution in [2.24, 2.45) is 13.0 Å². The number of benzene rings is 1. The monoisotopic (exact) mass is 310 g/mol. The van der Waals surface area contributed by atoms with E-state index in [2.05, 4.69) is 36.3 Å². The van der Waals surface area contributed by atoms with Gasteiger partial charge in [0.1, 0.15) is 0 Å². The number of nitrogens with zero attached hydrogens (tertiary/aromatic N) is 2. The van der Waals surface area contributed by atoms with Crippen molar-refractivity contribution in [1.82, 2.24) is 9.78 Å². The van der Waals surface area contributed by atoms with Crippen LogP contribution in [0, 0.1) is 19.8 Å². The fourth-order valence-electron chi connectivity index (χ4n) is 2.53. The van der Waals surface area contributed by atoms with E-state index in [0.717, 1.165) is 29.3 Å². The first-order valence-corrected chi connectivity index (χ1v) is 7.72. The van der Waals surface area contributed by atoms with E-state index in [-0.39, 0.29) is 0 Å². The van der Waals surface area contributed by atoms with Gasteiger partial charge >= 0.3 is 0 Å². The van der Waals surface area contributed by atoms with Crippen molar-refractivity contribution in [1.29, 1.82) is 0 Å². The van der Waals surface area contributed by atoms with Crippen LogP contribution in [-0.2, 0) is 19.9 Å². The Morgan fingerprint density at radius 3 is 2.55 bits per heavy atom. The van der Waals surface area contributed by atoms with Crippen molar-refractivity contribution in [3.8, 4) is 0 Å². The molecule has 2 rings (SSSR count). The average molecular weight is 311 g/mol. The van der Waals surface area contributed by atoms with Gasteiger partial charge in [0, 0.05) is 12.9 Å². The van der Waals surface area contributed by atoms with Gasteiger partial charge in [-0.25, -0.2) is 0 Å². The van der Waals surface area contributed by atoms with Crippen molar-refractivity contribution in [2.75, 3.05) is 5.88 Å². The van der Waals surface area contributed by atoms with Crippen molar-refractivity contribution in [3.05, 3.63) is 51.8 Å². The fourth-order valence-corrected chi connectivity index (χ4v) is 2.98. The lowest BCUT2D eigenvalue weighted by Crippen LogP contribution is -2.13. The van der Waals surface area contributed by atoms with Crippen LogP contribution in [0.3, 0.4) is 0 Å². The number of hydrogen-bond donors (Lipinski definition) is 0. The summed E-state index contributed by atoms with van der Waals surface area (Å²) in [5.74, 6) is 0.986. The van der Waals surface area contributed by atoms with Crippen LogP contribution >= 0.6 is 23.2 Å². The lowest BCUT2D eigenvalue weighted by Gasteiger charge is -2.15. The predicted molar refractivity (Wildman–Crippen MR) is 85.8 cm³/mol. The molecule has 2 aromatic rings. The lowest BCUT2D eigenvalue weighted by atomic mass is 9.95. The summed E-state index contributed by atoms with van der Waals surface area (Å²) < 4.78 is 1.87. The van der Waals surface area contributed by atoms with Crippen LogP contribution in [0.15, 0.2) is 24.3 Å². The number of hydrogen-bond acceptors (Lipinski definition) is 1. The smallest absolute Gasteiger partial charge is 0.0847 e. The van der Waals surface area contributed by atoms with E-state index in [4.69, 9.17) is 23.2 Å². The fraction of sp³-hybridized carbons (Fsp3) is 0.438. The first kappa shape index (κ1) is 15.4. The van der Waals surface area contributed by atoms with Gasteiger partial charge < -0.3 is 0 Å². The highest BCUT2D eigenvalue weighted by Gasteiger charge is 2.17. The molecule has 1 atom stereocenters. The zero-order valence-corrected chi connectivity index (χ0v) is 13.7. The van der Waals surface area contributed by atoms with Gasteiger partial charge in [-0.05, 0) is 38.2 Å². The molecule has 1 unspecified atom stereocenters. The van der Waals surface area contributed by atoms with Crippen LogP contribution in [-0.4, -0.2) is 15.7 Å². The lowest BCUT2D eigenvalue weighted by molar-refractivity contribution is 0.551. The Morgan fingerprint density at radius 1 is 1.25 bits per heavy atom. The third-order valence-corrected chi connectivity index (χ3v) is 4.50. The van der Waals surface area contributed by atoms with Gasteiger partial charge in [0.15, 0.2) is 0 Å². The normalized spacial score (nSPS) is 12.7. The van der Waals surface area contributed by atoms with E-state index in [1.807, 2.05) is 18.7 Å². The first-order valence-electron chi connectivity index (χ1n) is 6.80. The first-order chi connectivity index (χ1) is 9.51. The predicted octanol–water partition coefficient (Wildman–Crippen LogP) is 4.33. The van der Waals surface area contributed by atoms with Crippen LogP contribution in [0.25, 0.3) is 0 Å². The molecule has 0 bridgehead atoms. The molecule has 4 heteroatoms. The molecule has 0 spiro atoms. The minimum atomic E-state index is 0.366. The number of aryl methyl sites for hydroxylation is 3. The zero-order valence-electron chi connectivity index (χ0n) is 12.2. The van der Waals surface area contributed by atoms with Gasteiger partial charge in [0.25, 0.3) is 0 Å². The molecule has 108 valence electrons. The molecule has 0 aliphatic rings. The maximum absolute atomic E-state index is 6.32. The van der Waals surface area contributed by atoms with E-state index in [1.54, 1.807) is 0 Å². The van der Waals surface area contributed by atoms with E-state index in [1.165, 1.54) is 11.1 Å². The Bertz CT molecular complexity index is 590. The molecule has 1 heterocycles. The molecule has 1 aromatic heterocycles. The second kappa shape index (κ2) is 6.64. The summed E-state index contributed by atoms with van der Waals surface area (Å²) in [5, 5.41) is 5.13. The Hall–Kier alpha value is -0.990. The second-order valence-electron chi connectivity index (χ2n) is 5.39. The van der Waals surface area contributed by atoms with E-state index >= 15 is 0 Å². The summed E-state index contributed by atoms with van der Waals surface area (Å²) >= 11 is 12.5. The molecular weight excluding hydrogens is 291 g/mol. The number of alkyl halides is 1. The van der Waals surface area contributed by atoms with Crippen molar-refractivity contribution in [3.63, 3.8) is 0 Å². The molecule has 0 aliphatic carbocycles. The Kier molecular flexibility index (Phi) is 5.11. The standard InChI is InChI=1S/C16H20Cl2N2/c1-11-5-4-6-13(7-11)8-14(10-17)9-15-16(18)12(2)19-20(15)3/h4-7,14H,8-10H2,1-3H3. The van der Waals surface area contributed by atoms with Gasteiger partial charge in [-0.1, -0.05) is 41.4 Å². The third kappa shape index (κ3) is 3.56. The minimum Gasteiger partial charge on any atom is -0.271 e. The van der Waals surface area contributed by atoms with Crippen LogP contribution in [0.4, 0.5) is 0 Å². The van der Waals surface area contributed by atoms with Crippen LogP contribution in [0.1, 0.15) is 22.5 Å². The summed E-state index contributed by atoms with van der Waals surface area (Å²) in [7, 11) is 1.94. The topological polar surface area (TPSA) is 17.8 Å². The van der Waals surface area contributed by atoms with Crippen molar-refractivity contribution >= 4 is 23.2 Å². The highest BCUT2D eigenvalue weighted by atomic mass is 35.5. The van der Waals surface area contributed by atoms with Gasteiger partial charge in [0.05, 0.1) is 16.4 Å². The number of aromatic nitrogens is 2. The number of rotatable bonds is 5. The molecule has 0 saturated carbocycles. The maximum Gasteiger partial charge on any atom is 0.0847 e. The molecule has 0 N–H and O–H groups in total. The highest BCUT2D eigenvalue weighted by molar-refractivity contribution is 6.31. The Balaban J connectivity index is 2.13. The molecule has 1 aromatic carbocycles. The molecule has 0 amide bonds. The summed E-state index contributed by atoms with van der Waals surface area (Å²) in [4.78, 5) is 0. The second-order valence-corrected chi connectivity index (χ2v) is 6.07. The number of halogens is 2. The van der Waals surface area contributed by atoms with E-state index in [0.29, 0.717) is 11.8 Å². The molecule has 20 heavy (non-hydrogen) atoms. The van der Waals surface area contributed by atoms with Crippen molar-refractivity contribution < 1.29 is 0 Å². The van der Waals surface area contributed by atoms with Gasteiger partial charge in [-0.15, -0.1) is 11.6 Å². The van der Waals surface area contributed by atoms with Crippen LogP contribution < -0.4 is 0 Å². The summed E-state index contributed by atoms with van der Waals surface area (Å²) in [6, 6.07) is 8.58. The molecule has 2 nitrogen and oxygen atoms in total. The summed E-state index contributed by atoms with van der Waals surface area (Å²) in [6.45, 7) is 4.04. The Labute approximate surface area is 130 Å². The summed E-state index contributed by atoms with van der Waals surface area (Å²) in [5.41, 5.74) is 4.56. The van der Waals surface area contributed by atoms with Gasteiger partial charge in [-0.3, -0.25) is 4.68 Å². The SMILES string of the molecule is Cc1cccc(CC(CCl)Cc2c(Cl)c(C)nn2C)c1. The van der Waals surface area contributed by atoms with Gasteiger partial charge in [0.2, 0.25) is 0 Å². The molecule has 0 fully saturated rings.